The SMILES string of the molecule is [CH]=CCCCCCCCCCCCCCCc1ccccc1. The zero-order chi connectivity index (χ0) is 15.7. The summed E-state index contributed by atoms with van der Waals surface area (Å²) in [5.74, 6) is 0. The van der Waals surface area contributed by atoms with Crippen LogP contribution >= 0.6 is 0 Å². The smallest absolute Gasteiger partial charge is 0.0279 e. The number of allylic oxidation sites excluding steroid dienone is 1. The van der Waals surface area contributed by atoms with Crippen molar-refractivity contribution in [2.75, 3.05) is 0 Å². The molecule has 22 heavy (non-hydrogen) atoms. The van der Waals surface area contributed by atoms with Gasteiger partial charge in [0.25, 0.3) is 0 Å². The maximum atomic E-state index is 5.37. The summed E-state index contributed by atoms with van der Waals surface area (Å²) in [5, 5.41) is 0. The van der Waals surface area contributed by atoms with Crippen molar-refractivity contribution in [3.63, 3.8) is 0 Å². The van der Waals surface area contributed by atoms with Crippen LogP contribution in [0.15, 0.2) is 36.4 Å². The fourth-order valence-corrected chi connectivity index (χ4v) is 3.00. The molecule has 0 heteroatoms. The van der Waals surface area contributed by atoms with Crippen molar-refractivity contribution in [2.45, 2.75) is 89.9 Å². The maximum absolute atomic E-state index is 5.37. The summed E-state index contributed by atoms with van der Waals surface area (Å²) in [4.78, 5) is 0. The second-order valence-corrected chi connectivity index (χ2v) is 6.50. The van der Waals surface area contributed by atoms with E-state index >= 15 is 0 Å². The zero-order valence-electron chi connectivity index (χ0n) is 14.4. The molecule has 0 aromatic heterocycles. The van der Waals surface area contributed by atoms with E-state index in [0.717, 1.165) is 6.42 Å². The molecule has 1 radical (unpaired) electrons. The summed E-state index contributed by atoms with van der Waals surface area (Å²) in [6, 6.07) is 10.9. The van der Waals surface area contributed by atoms with Gasteiger partial charge in [0.05, 0.1) is 0 Å². The van der Waals surface area contributed by atoms with Gasteiger partial charge < -0.3 is 0 Å². The Hall–Kier alpha value is -1.04. The lowest BCUT2D eigenvalue weighted by atomic mass is 10.0. The van der Waals surface area contributed by atoms with Crippen molar-refractivity contribution in [3.05, 3.63) is 48.6 Å². The van der Waals surface area contributed by atoms with Gasteiger partial charge in [0.2, 0.25) is 0 Å². The van der Waals surface area contributed by atoms with E-state index in [-0.39, 0.29) is 0 Å². The normalized spacial score (nSPS) is 10.7. The van der Waals surface area contributed by atoms with E-state index in [1.54, 1.807) is 6.08 Å². The van der Waals surface area contributed by atoms with Gasteiger partial charge in [-0.3, -0.25) is 0 Å². The maximum Gasteiger partial charge on any atom is -0.0279 e. The first-order valence-corrected chi connectivity index (χ1v) is 9.51. The quantitative estimate of drug-likeness (QED) is 0.298. The van der Waals surface area contributed by atoms with Gasteiger partial charge >= 0.3 is 0 Å². The Bertz CT molecular complexity index is 338. The van der Waals surface area contributed by atoms with E-state index in [9.17, 15) is 0 Å². The molecule has 0 aliphatic carbocycles. The first kappa shape index (κ1) is 19.0. The molecule has 0 bridgehead atoms. The van der Waals surface area contributed by atoms with Crippen molar-refractivity contribution in [2.24, 2.45) is 0 Å². The first-order valence-electron chi connectivity index (χ1n) is 9.51. The molecule has 0 amide bonds. The van der Waals surface area contributed by atoms with Crippen LogP contribution in [-0.4, -0.2) is 0 Å². The molecule has 0 N–H and O–H groups in total. The van der Waals surface area contributed by atoms with Crippen LogP contribution in [0, 0.1) is 6.58 Å². The average Bonchev–Trinajstić information content (AvgIpc) is 2.56. The number of aryl methyl sites for hydroxylation is 1. The van der Waals surface area contributed by atoms with Gasteiger partial charge in [-0.15, -0.1) is 0 Å². The van der Waals surface area contributed by atoms with E-state index in [2.05, 4.69) is 30.3 Å². The fourth-order valence-electron chi connectivity index (χ4n) is 3.00. The van der Waals surface area contributed by atoms with Crippen LogP contribution in [0.5, 0.6) is 0 Å². The van der Waals surface area contributed by atoms with E-state index in [1.165, 1.54) is 89.0 Å². The highest BCUT2D eigenvalue weighted by Gasteiger charge is 1.95. The lowest BCUT2D eigenvalue weighted by Gasteiger charge is -2.03. The standard InChI is InChI=1S/C22H35/c1-2-3-4-5-6-7-8-9-10-11-12-13-14-16-19-22-20-17-15-18-21-22/h1-2,15,17-18,20-21H,3-14,16,19H2. The Morgan fingerprint density at radius 1 is 0.591 bits per heavy atom. The van der Waals surface area contributed by atoms with Crippen LogP contribution in [0.25, 0.3) is 0 Å². The summed E-state index contributed by atoms with van der Waals surface area (Å²) in [5.41, 5.74) is 1.49. The molecule has 0 fully saturated rings. The van der Waals surface area contributed by atoms with Crippen LogP contribution in [-0.2, 0) is 6.42 Å². The van der Waals surface area contributed by atoms with Crippen LogP contribution < -0.4 is 0 Å². The number of hydrogen-bond acceptors (Lipinski definition) is 0. The first-order chi connectivity index (χ1) is 10.9. The predicted octanol–water partition coefficient (Wildman–Crippen LogP) is 7.29. The molecule has 0 spiro atoms. The molecule has 0 atom stereocenters. The van der Waals surface area contributed by atoms with Crippen LogP contribution in [0.3, 0.4) is 0 Å². The minimum atomic E-state index is 1.09. The van der Waals surface area contributed by atoms with Crippen molar-refractivity contribution in [1.29, 1.82) is 0 Å². The summed E-state index contributed by atoms with van der Waals surface area (Å²) in [7, 11) is 0. The molecular weight excluding hydrogens is 264 g/mol. The number of rotatable bonds is 15. The minimum Gasteiger partial charge on any atom is -0.0845 e. The van der Waals surface area contributed by atoms with Crippen LogP contribution in [0.4, 0.5) is 0 Å². The molecule has 0 nitrogen and oxygen atoms in total. The molecular formula is C22H35. The third-order valence-corrected chi connectivity index (χ3v) is 4.43. The van der Waals surface area contributed by atoms with Gasteiger partial charge in [-0.05, 0) is 31.2 Å². The van der Waals surface area contributed by atoms with Crippen LogP contribution in [0.1, 0.15) is 89.0 Å². The Kier molecular flexibility index (Phi) is 12.9. The molecule has 0 aliphatic rings. The second kappa shape index (κ2) is 14.9. The van der Waals surface area contributed by atoms with Gasteiger partial charge in [-0.1, -0.05) is 107 Å². The van der Waals surface area contributed by atoms with Crippen molar-refractivity contribution in [3.8, 4) is 0 Å². The molecule has 0 saturated carbocycles. The molecule has 1 aromatic rings. The molecule has 0 unspecified atom stereocenters. The monoisotopic (exact) mass is 299 g/mol. The topological polar surface area (TPSA) is 0 Å². The molecule has 0 heterocycles. The van der Waals surface area contributed by atoms with E-state index in [4.69, 9.17) is 6.58 Å². The number of benzene rings is 1. The summed E-state index contributed by atoms with van der Waals surface area (Å²) in [6.07, 6.45) is 20.9. The van der Waals surface area contributed by atoms with E-state index in [1.807, 2.05) is 0 Å². The molecule has 123 valence electrons. The van der Waals surface area contributed by atoms with Gasteiger partial charge in [0.15, 0.2) is 0 Å². The summed E-state index contributed by atoms with van der Waals surface area (Å²) in [6.45, 7) is 5.37. The van der Waals surface area contributed by atoms with Gasteiger partial charge in [0, 0.05) is 0 Å². The minimum absolute atomic E-state index is 1.09. The second-order valence-electron chi connectivity index (χ2n) is 6.50. The zero-order valence-corrected chi connectivity index (χ0v) is 14.4. The summed E-state index contributed by atoms with van der Waals surface area (Å²) >= 11 is 0. The Labute approximate surface area is 139 Å². The number of unbranched alkanes of at least 4 members (excludes halogenated alkanes) is 12. The lowest BCUT2D eigenvalue weighted by Crippen LogP contribution is -1.86. The highest BCUT2D eigenvalue weighted by atomic mass is 14.0. The van der Waals surface area contributed by atoms with Crippen LogP contribution in [0.2, 0.25) is 0 Å². The highest BCUT2D eigenvalue weighted by molar-refractivity contribution is 5.14. The molecule has 1 aromatic carbocycles. The Morgan fingerprint density at radius 3 is 1.55 bits per heavy atom. The fraction of sp³-hybridized carbons (Fsp3) is 0.636. The lowest BCUT2D eigenvalue weighted by molar-refractivity contribution is 0.541. The predicted molar refractivity (Wildman–Crippen MR) is 99.0 cm³/mol. The highest BCUT2D eigenvalue weighted by Crippen LogP contribution is 2.13. The Balaban J connectivity index is 1.74. The molecule has 0 aliphatic heterocycles. The molecule has 1 rings (SSSR count). The summed E-state index contributed by atoms with van der Waals surface area (Å²) < 4.78 is 0. The largest absolute Gasteiger partial charge is 0.0845 e. The average molecular weight is 300 g/mol. The molecule has 0 saturated heterocycles. The van der Waals surface area contributed by atoms with Crippen molar-refractivity contribution < 1.29 is 0 Å². The third kappa shape index (κ3) is 11.6. The number of hydrogen-bond donors (Lipinski definition) is 0. The third-order valence-electron chi connectivity index (χ3n) is 4.43. The van der Waals surface area contributed by atoms with Crippen molar-refractivity contribution >= 4 is 0 Å². The van der Waals surface area contributed by atoms with Crippen molar-refractivity contribution in [1.82, 2.24) is 0 Å². The van der Waals surface area contributed by atoms with Gasteiger partial charge in [-0.25, -0.2) is 0 Å². The van der Waals surface area contributed by atoms with Gasteiger partial charge in [0.1, 0.15) is 0 Å². The Morgan fingerprint density at radius 2 is 1.05 bits per heavy atom. The van der Waals surface area contributed by atoms with E-state index < -0.39 is 0 Å². The van der Waals surface area contributed by atoms with E-state index in [0.29, 0.717) is 0 Å². The van der Waals surface area contributed by atoms with Gasteiger partial charge in [-0.2, -0.15) is 0 Å².